The van der Waals surface area contributed by atoms with Crippen molar-refractivity contribution in [2.75, 3.05) is 25.6 Å². The van der Waals surface area contributed by atoms with Gasteiger partial charge in [-0.1, -0.05) is 0 Å². The molecule has 0 aromatic heterocycles. The van der Waals surface area contributed by atoms with Gasteiger partial charge in [0.25, 0.3) is 5.91 Å². The van der Waals surface area contributed by atoms with E-state index in [4.69, 9.17) is 14.2 Å². The highest BCUT2D eigenvalue weighted by atomic mass is 16.5. The summed E-state index contributed by atoms with van der Waals surface area (Å²) in [5.41, 5.74) is 2.74. The molecule has 0 saturated heterocycles. The van der Waals surface area contributed by atoms with Crippen molar-refractivity contribution < 1.29 is 23.8 Å². The number of rotatable bonds is 9. The van der Waals surface area contributed by atoms with Crippen LogP contribution in [0.5, 0.6) is 11.5 Å². The molecule has 0 atom stereocenters. The quantitative estimate of drug-likeness (QED) is 0.393. The first-order chi connectivity index (χ1) is 15.6. The lowest BCUT2D eigenvalue weighted by atomic mass is 10.2. The lowest BCUT2D eigenvalue weighted by molar-refractivity contribution is -0.118. The minimum Gasteiger partial charge on any atom is -0.497 e. The van der Waals surface area contributed by atoms with Gasteiger partial charge in [0.15, 0.2) is 6.61 Å². The second-order valence-corrected chi connectivity index (χ2v) is 6.66. The summed E-state index contributed by atoms with van der Waals surface area (Å²) >= 11 is 0. The molecule has 0 saturated carbocycles. The van der Waals surface area contributed by atoms with Crippen LogP contribution in [-0.2, 0) is 9.53 Å². The van der Waals surface area contributed by atoms with Crippen LogP contribution in [-0.4, -0.2) is 38.4 Å². The first kappa shape index (κ1) is 22.6. The summed E-state index contributed by atoms with van der Waals surface area (Å²) in [6.07, 6.45) is 1.71. The second-order valence-electron chi connectivity index (χ2n) is 6.66. The molecule has 0 aliphatic heterocycles. The Hall–Kier alpha value is -4.13. The van der Waals surface area contributed by atoms with Gasteiger partial charge in [0.2, 0.25) is 0 Å². The molecule has 1 N–H and O–H groups in total. The third-order valence-electron chi connectivity index (χ3n) is 4.36. The Kier molecular flexibility index (Phi) is 7.97. The number of carbonyl (C=O) groups excluding carboxylic acids is 2. The van der Waals surface area contributed by atoms with Crippen molar-refractivity contribution in [3.05, 3.63) is 83.9 Å². The summed E-state index contributed by atoms with van der Waals surface area (Å²) in [5, 5.41) is 2.76. The SMILES string of the molecule is CCOC(=O)c1ccc(N=Cc2ccc(OCC(=O)Nc3ccc(OC)cc3)cc2)cc1. The highest BCUT2D eigenvalue weighted by molar-refractivity contribution is 5.92. The lowest BCUT2D eigenvalue weighted by Crippen LogP contribution is -2.20. The molecule has 3 aromatic carbocycles. The Balaban J connectivity index is 1.49. The Morgan fingerprint density at radius 2 is 1.56 bits per heavy atom. The molecule has 3 rings (SSSR count). The number of hydrogen-bond acceptors (Lipinski definition) is 6. The molecule has 7 nitrogen and oxygen atoms in total. The molecule has 0 aliphatic rings. The van der Waals surface area contributed by atoms with Crippen LogP contribution < -0.4 is 14.8 Å². The number of amides is 1. The molecule has 0 heterocycles. The Morgan fingerprint density at radius 1 is 0.906 bits per heavy atom. The van der Waals surface area contributed by atoms with Gasteiger partial charge in [-0.3, -0.25) is 9.79 Å². The number of methoxy groups -OCH3 is 1. The van der Waals surface area contributed by atoms with Gasteiger partial charge in [-0.05, 0) is 85.3 Å². The number of ether oxygens (including phenoxy) is 3. The molecule has 0 aliphatic carbocycles. The number of aliphatic imine (C=N–C) groups is 1. The van der Waals surface area contributed by atoms with E-state index in [1.54, 1.807) is 80.9 Å². The fourth-order valence-corrected chi connectivity index (χ4v) is 2.72. The summed E-state index contributed by atoms with van der Waals surface area (Å²) in [7, 11) is 1.59. The van der Waals surface area contributed by atoms with E-state index in [1.807, 2.05) is 12.1 Å². The van der Waals surface area contributed by atoms with Crippen molar-refractivity contribution in [2.24, 2.45) is 4.99 Å². The average molecular weight is 432 g/mol. The first-order valence-corrected chi connectivity index (χ1v) is 10.1. The molecule has 0 radical (unpaired) electrons. The maximum atomic E-state index is 12.1. The van der Waals surface area contributed by atoms with Crippen molar-refractivity contribution in [3.63, 3.8) is 0 Å². The summed E-state index contributed by atoms with van der Waals surface area (Å²) in [6.45, 7) is 2.00. The molecule has 32 heavy (non-hydrogen) atoms. The molecule has 1 amide bonds. The molecular weight excluding hydrogens is 408 g/mol. The van der Waals surface area contributed by atoms with Crippen LogP contribution in [0, 0.1) is 0 Å². The zero-order valence-corrected chi connectivity index (χ0v) is 17.9. The Bertz CT molecular complexity index is 1060. The van der Waals surface area contributed by atoms with Crippen LogP contribution in [0.4, 0.5) is 11.4 Å². The van der Waals surface area contributed by atoms with Gasteiger partial charge in [-0.25, -0.2) is 4.79 Å². The molecule has 0 fully saturated rings. The topological polar surface area (TPSA) is 86.2 Å². The van der Waals surface area contributed by atoms with Crippen molar-refractivity contribution in [2.45, 2.75) is 6.92 Å². The molecular formula is C25H24N2O5. The van der Waals surface area contributed by atoms with Gasteiger partial charge < -0.3 is 19.5 Å². The van der Waals surface area contributed by atoms with E-state index in [1.165, 1.54) is 0 Å². The predicted octanol–water partition coefficient (Wildman–Crippen LogP) is 4.64. The van der Waals surface area contributed by atoms with E-state index in [2.05, 4.69) is 10.3 Å². The van der Waals surface area contributed by atoms with Crippen LogP contribution in [0.1, 0.15) is 22.8 Å². The van der Waals surface area contributed by atoms with Crippen molar-refractivity contribution in [1.29, 1.82) is 0 Å². The fourth-order valence-electron chi connectivity index (χ4n) is 2.72. The molecule has 7 heteroatoms. The Labute approximate surface area is 186 Å². The largest absolute Gasteiger partial charge is 0.497 e. The fraction of sp³-hybridized carbons (Fsp3) is 0.160. The maximum Gasteiger partial charge on any atom is 0.338 e. The van der Waals surface area contributed by atoms with Crippen LogP contribution in [0.25, 0.3) is 0 Å². The molecule has 164 valence electrons. The van der Waals surface area contributed by atoms with Gasteiger partial charge in [0.05, 0.1) is 25.0 Å². The molecule has 0 unspecified atom stereocenters. The predicted molar refractivity (Wildman–Crippen MR) is 123 cm³/mol. The monoisotopic (exact) mass is 432 g/mol. The highest BCUT2D eigenvalue weighted by Gasteiger charge is 2.06. The van der Waals surface area contributed by atoms with Crippen molar-refractivity contribution in [1.82, 2.24) is 0 Å². The second kappa shape index (κ2) is 11.3. The van der Waals surface area contributed by atoms with Gasteiger partial charge in [0, 0.05) is 11.9 Å². The van der Waals surface area contributed by atoms with Crippen molar-refractivity contribution >= 4 is 29.5 Å². The highest BCUT2D eigenvalue weighted by Crippen LogP contribution is 2.17. The number of anilines is 1. The van der Waals surface area contributed by atoms with E-state index in [0.717, 1.165) is 11.3 Å². The average Bonchev–Trinajstić information content (AvgIpc) is 2.83. The van der Waals surface area contributed by atoms with E-state index in [-0.39, 0.29) is 18.5 Å². The van der Waals surface area contributed by atoms with E-state index in [0.29, 0.717) is 29.3 Å². The smallest absolute Gasteiger partial charge is 0.338 e. The number of carbonyl (C=O) groups is 2. The zero-order chi connectivity index (χ0) is 22.8. The third-order valence-corrected chi connectivity index (χ3v) is 4.36. The Morgan fingerprint density at radius 3 is 2.19 bits per heavy atom. The molecule has 0 spiro atoms. The summed E-state index contributed by atoms with van der Waals surface area (Å²) in [6, 6.07) is 21.1. The van der Waals surface area contributed by atoms with Gasteiger partial charge in [-0.2, -0.15) is 0 Å². The standard InChI is InChI=1S/C25H24N2O5/c1-3-31-25(29)19-6-8-20(9-7-19)26-16-18-4-12-23(13-5-18)32-17-24(28)27-21-10-14-22(30-2)15-11-21/h4-16H,3,17H2,1-2H3,(H,27,28). The molecule has 0 bridgehead atoms. The minimum atomic E-state index is -0.351. The van der Waals surface area contributed by atoms with E-state index in [9.17, 15) is 9.59 Å². The van der Waals surface area contributed by atoms with Crippen LogP contribution >= 0.6 is 0 Å². The van der Waals surface area contributed by atoms with Gasteiger partial charge in [0.1, 0.15) is 11.5 Å². The van der Waals surface area contributed by atoms with Crippen molar-refractivity contribution in [3.8, 4) is 11.5 Å². The third kappa shape index (κ3) is 6.70. The van der Waals surface area contributed by atoms with E-state index >= 15 is 0 Å². The summed E-state index contributed by atoms with van der Waals surface area (Å²) in [4.78, 5) is 28.1. The number of esters is 1. The normalized spacial score (nSPS) is 10.6. The zero-order valence-electron chi connectivity index (χ0n) is 17.9. The van der Waals surface area contributed by atoms with Gasteiger partial charge in [-0.15, -0.1) is 0 Å². The maximum absolute atomic E-state index is 12.1. The summed E-state index contributed by atoms with van der Waals surface area (Å²) < 4.78 is 15.6. The van der Waals surface area contributed by atoms with Gasteiger partial charge >= 0.3 is 5.97 Å². The van der Waals surface area contributed by atoms with E-state index < -0.39 is 0 Å². The van der Waals surface area contributed by atoms with Crippen LogP contribution in [0.2, 0.25) is 0 Å². The van der Waals surface area contributed by atoms with Crippen LogP contribution in [0.15, 0.2) is 77.8 Å². The minimum absolute atomic E-state index is 0.105. The first-order valence-electron chi connectivity index (χ1n) is 10.1. The number of hydrogen-bond donors (Lipinski definition) is 1. The number of nitrogens with zero attached hydrogens (tertiary/aromatic N) is 1. The number of benzene rings is 3. The molecule has 3 aromatic rings. The number of nitrogens with one attached hydrogen (secondary N) is 1. The van der Waals surface area contributed by atoms with Crippen LogP contribution in [0.3, 0.4) is 0 Å². The lowest BCUT2D eigenvalue weighted by Gasteiger charge is -2.08. The summed E-state index contributed by atoms with van der Waals surface area (Å²) in [5.74, 6) is 0.686.